The Labute approximate surface area is 95.1 Å². The number of hydrogen-bond donors (Lipinski definition) is 2. The highest BCUT2D eigenvalue weighted by Gasteiger charge is 2.45. The van der Waals surface area contributed by atoms with Crippen LogP contribution in [0.5, 0.6) is 0 Å². The maximum atomic E-state index is 9.46. The number of benzene rings is 1. The molecule has 0 saturated heterocycles. The smallest absolute Gasteiger partial charge is 0.0558 e. The number of halogens is 1. The number of hydrogen-bond acceptors (Lipinski definition) is 2. The first kappa shape index (κ1) is 10.9. The lowest BCUT2D eigenvalue weighted by Crippen LogP contribution is -2.50. The molecule has 1 saturated carbocycles. The molecule has 2 rings (SSSR count). The van der Waals surface area contributed by atoms with Crippen LogP contribution in [0.2, 0.25) is 5.02 Å². The highest BCUT2D eigenvalue weighted by Crippen LogP contribution is 2.46. The molecule has 1 aliphatic carbocycles. The van der Waals surface area contributed by atoms with E-state index in [-0.39, 0.29) is 11.5 Å². The SMILES string of the molecule is Cc1cccc(Cl)c1C1(CN)CC(O)C1. The van der Waals surface area contributed by atoms with Crippen LogP contribution in [0.25, 0.3) is 0 Å². The van der Waals surface area contributed by atoms with Gasteiger partial charge in [0.2, 0.25) is 0 Å². The van der Waals surface area contributed by atoms with Gasteiger partial charge in [0.15, 0.2) is 0 Å². The quantitative estimate of drug-likeness (QED) is 0.809. The summed E-state index contributed by atoms with van der Waals surface area (Å²) in [5, 5.41) is 10.2. The summed E-state index contributed by atoms with van der Waals surface area (Å²) < 4.78 is 0. The number of nitrogens with two attached hydrogens (primary N) is 1. The average molecular weight is 226 g/mol. The molecule has 0 bridgehead atoms. The fourth-order valence-corrected chi connectivity index (χ4v) is 3.04. The Hall–Kier alpha value is -0.570. The molecule has 3 heteroatoms. The van der Waals surface area contributed by atoms with Gasteiger partial charge < -0.3 is 10.8 Å². The topological polar surface area (TPSA) is 46.2 Å². The summed E-state index contributed by atoms with van der Waals surface area (Å²) in [5.41, 5.74) is 8.03. The molecule has 15 heavy (non-hydrogen) atoms. The maximum absolute atomic E-state index is 9.46. The monoisotopic (exact) mass is 225 g/mol. The molecule has 2 nitrogen and oxygen atoms in total. The van der Waals surface area contributed by atoms with E-state index >= 15 is 0 Å². The zero-order chi connectivity index (χ0) is 11.1. The van der Waals surface area contributed by atoms with Crippen molar-refractivity contribution in [3.8, 4) is 0 Å². The van der Waals surface area contributed by atoms with E-state index in [2.05, 4.69) is 0 Å². The molecule has 1 aromatic rings. The third-order valence-electron chi connectivity index (χ3n) is 3.40. The van der Waals surface area contributed by atoms with Crippen LogP contribution in [0.15, 0.2) is 18.2 Å². The van der Waals surface area contributed by atoms with Crippen molar-refractivity contribution in [1.29, 1.82) is 0 Å². The molecule has 3 N–H and O–H groups in total. The van der Waals surface area contributed by atoms with Crippen LogP contribution < -0.4 is 5.73 Å². The number of aliphatic hydroxyl groups is 1. The first-order valence-corrected chi connectivity index (χ1v) is 5.60. The molecule has 1 aliphatic rings. The average Bonchev–Trinajstić information content (AvgIpc) is 2.14. The fraction of sp³-hybridized carbons (Fsp3) is 0.500. The molecular weight excluding hydrogens is 210 g/mol. The zero-order valence-corrected chi connectivity index (χ0v) is 9.59. The summed E-state index contributed by atoms with van der Waals surface area (Å²) >= 11 is 6.22. The molecule has 0 heterocycles. The molecule has 0 aromatic heterocycles. The first-order valence-electron chi connectivity index (χ1n) is 5.23. The van der Waals surface area contributed by atoms with Crippen molar-refractivity contribution in [1.82, 2.24) is 0 Å². The van der Waals surface area contributed by atoms with E-state index in [0.717, 1.165) is 23.4 Å². The zero-order valence-electron chi connectivity index (χ0n) is 8.83. The summed E-state index contributed by atoms with van der Waals surface area (Å²) in [6.07, 6.45) is 1.24. The summed E-state index contributed by atoms with van der Waals surface area (Å²) in [4.78, 5) is 0. The minimum atomic E-state index is -0.218. The van der Waals surface area contributed by atoms with Gasteiger partial charge in [-0.3, -0.25) is 0 Å². The van der Waals surface area contributed by atoms with Gasteiger partial charge in [-0.05, 0) is 37.0 Å². The largest absolute Gasteiger partial charge is 0.393 e. The van der Waals surface area contributed by atoms with Crippen molar-refractivity contribution in [2.75, 3.05) is 6.54 Å². The molecule has 1 aromatic carbocycles. The Kier molecular flexibility index (Phi) is 2.75. The molecule has 0 unspecified atom stereocenters. The first-order chi connectivity index (χ1) is 7.09. The van der Waals surface area contributed by atoms with Crippen LogP contribution in [0, 0.1) is 6.92 Å². The Balaban J connectivity index is 2.44. The third-order valence-corrected chi connectivity index (χ3v) is 3.71. The van der Waals surface area contributed by atoms with Crippen molar-refractivity contribution in [3.63, 3.8) is 0 Å². The number of aryl methyl sites for hydroxylation is 1. The summed E-state index contributed by atoms with van der Waals surface area (Å²) in [6.45, 7) is 2.60. The molecule has 0 atom stereocenters. The van der Waals surface area contributed by atoms with Crippen LogP contribution in [0.1, 0.15) is 24.0 Å². The van der Waals surface area contributed by atoms with Crippen LogP contribution in [-0.4, -0.2) is 17.8 Å². The fourth-order valence-electron chi connectivity index (χ4n) is 2.62. The number of rotatable bonds is 2. The van der Waals surface area contributed by atoms with E-state index in [0.29, 0.717) is 6.54 Å². The Morgan fingerprint density at radius 2 is 2.20 bits per heavy atom. The van der Waals surface area contributed by atoms with Gasteiger partial charge in [0.1, 0.15) is 0 Å². The highest BCUT2D eigenvalue weighted by atomic mass is 35.5. The number of aliphatic hydroxyl groups excluding tert-OH is 1. The lowest BCUT2D eigenvalue weighted by Gasteiger charge is -2.46. The van der Waals surface area contributed by atoms with Gasteiger partial charge in [-0.15, -0.1) is 0 Å². The van der Waals surface area contributed by atoms with Gasteiger partial charge in [0.25, 0.3) is 0 Å². The second-order valence-electron chi connectivity index (χ2n) is 4.48. The van der Waals surface area contributed by atoms with Crippen molar-refractivity contribution >= 4 is 11.6 Å². The van der Waals surface area contributed by atoms with E-state index in [1.807, 2.05) is 25.1 Å². The van der Waals surface area contributed by atoms with E-state index in [1.165, 1.54) is 5.56 Å². The summed E-state index contributed by atoms with van der Waals surface area (Å²) in [5.74, 6) is 0. The molecule has 82 valence electrons. The molecule has 0 amide bonds. The van der Waals surface area contributed by atoms with Crippen molar-refractivity contribution in [2.45, 2.75) is 31.3 Å². The summed E-state index contributed by atoms with van der Waals surface area (Å²) in [7, 11) is 0. The second kappa shape index (κ2) is 3.78. The Bertz CT molecular complexity index is 352. The van der Waals surface area contributed by atoms with Crippen molar-refractivity contribution < 1.29 is 5.11 Å². The van der Waals surface area contributed by atoms with Crippen LogP contribution in [0.4, 0.5) is 0 Å². The lowest BCUT2D eigenvalue weighted by atomic mass is 9.62. The third kappa shape index (κ3) is 1.67. The second-order valence-corrected chi connectivity index (χ2v) is 4.89. The Morgan fingerprint density at radius 1 is 1.53 bits per heavy atom. The van der Waals surface area contributed by atoms with Gasteiger partial charge >= 0.3 is 0 Å². The van der Waals surface area contributed by atoms with E-state index in [1.54, 1.807) is 0 Å². The van der Waals surface area contributed by atoms with E-state index in [9.17, 15) is 5.11 Å². The molecular formula is C12H16ClNO. The highest BCUT2D eigenvalue weighted by molar-refractivity contribution is 6.31. The van der Waals surface area contributed by atoms with Gasteiger partial charge in [-0.25, -0.2) is 0 Å². The predicted molar refractivity (Wildman–Crippen MR) is 62.2 cm³/mol. The van der Waals surface area contributed by atoms with Crippen LogP contribution in [0.3, 0.4) is 0 Å². The van der Waals surface area contributed by atoms with Crippen LogP contribution in [-0.2, 0) is 5.41 Å². The standard InChI is InChI=1S/C12H16ClNO/c1-8-3-2-4-10(13)11(8)12(7-14)5-9(15)6-12/h2-4,9,15H,5-7,14H2,1H3. The maximum Gasteiger partial charge on any atom is 0.0558 e. The molecule has 0 radical (unpaired) electrons. The van der Waals surface area contributed by atoms with Gasteiger partial charge in [0.05, 0.1) is 6.10 Å². The molecule has 1 fully saturated rings. The Morgan fingerprint density at radius 3 is 2.67 bits per heavy atom. The van der Waals surface area contributed by atoms with E-state index < -0.39 is 0 Å². The van der Waals surface area contributed by atoms with Crippen molar-refractivity contribution in [3.05, 3.63) is 34.3 Å². The molecule has 0 spiro atoms. The van der Waals surface area contributed by atoms with Gasteiger partial charge in [0, 0.05) is 17.0 Å². The molecule has 0 aliphatic heterocycles. The minimum Gasteiger partial charge on any atom is -0.393 e. The predicted octanol–water partition coefficient (Wildman–Crippen LogP) is 2.00. The van der Waals surface area contributed by atoms with Gasteiger partial charge in [-0.2, -0.15) is 0 Å². The minimum absolute atomic E-state index is 0.0954. The van der Waals surface area contributed by atoms with Crippen molar-refractivity contribution in [2.24, 2.45) is 5.73 Å². The lowest BCUT2D eigenvalue weighted by molar-refractivity contribution is 0.0219. The van der Waals surface area contributed by atoms with Crippen LogP contribution >= 0.6 is 11.6 Å². The summed E-state index contributed by atoms with van der Waals surface area (Å²) in [6, 6.07) is 5.88. The van der Waals surface area contributed by atoms with Gasteiger partial charge in [-0.1, -0.05) is 23.7 Å². The normalized spacial score (nSPS) is 30.0. The van der Waals surface area contributed by atoms with E-state index in [4.69, 9.17) is 17.3 Å².